The molecule has 4 aliphatic rings. The zero-order valence-corrected chi connectivity index (χ0v) is 15.0. The monoisotopic (exact) mass is 319 g/mol. The van der Waals surface area contributed by atoms with Gasteiger partial charge in [0.1, 0.15) is 0 Å². The zero-order valence-electron chi connectivity index (χ0n) is 15.0. The van der Waals surface area contributed by atoms with Gasteiger partial charge in [-0.15, -0.1) is 0 Å². The molecule has 3 heteroatoms. The Morgan fingerprint density at radius 1 is 0.957 bits per heavy atom. The first-order valence-electron chi connectivity index (χ1n) is 9.74. The summed E-state index contributed by atoms with van der Waals surface area (Å²) in [4.78, 5) is 0. The second kappa shape index (κ2) is 4.97. The molecule has 3 nitrogen and oxygen atoms in total. The molecule has 130 valence electrons. The van der Waals surface area contributed by atoms with E-state index in [1.807, 2.05) is 6.92 Å². The van der Waals surface area contributed by atoms with Crippen LogP contribution in [-0.4, -0.2) is 21.6 Å². The van der Waals surface area contributed by atoms with Crippen molar-refractivity contribution in [3.8, 4) is 0 Å². The Balaban J connectivity index is 1.63. The minimum atomic E-state index is -0.440. The Kier molecular flexibility index (Phi) is 3.44. The third-order valence-corrected chi connectivity index (χ3v) is 8.82. The van der Waals surface area contributed by atoms with E-state index in [0.29, 0.717) is 17.3 Å². The van der Waals surface area contributed by atoms with Gasteiger partial charge in [-0.3, -0.25) is 0 Å². The summed E-state index contributed by atoms with van der Waals surface area (Å²) in [5, 5.41) is 23.6. The smallest absolute Gasteiger partial charge is 0.0632 e. The Labute approximate surface area is 140 Å². The van der Waals surface area contributed by atoms with Crippen LogP contribution < -0.4 is 0 Å². The Morgan fingerprint density at radius 2 is 1.74 bits per heavy atom. The van der Waals surface area contributed by atoms with E-state index in [4.69, 9.17) is 0 Å². The van der Waals surface area contributed by atoms with Gasteiger partial charge in [-0.1, -0.05) is 19.0 Å². The van der Waals surface area contributed by atoms with Gasteiger partial charge in [0.2, 0.25) is 0 Å². The third kappa shape index (κ3) is 2.14. The van der Waals surface area contributed by atoms with Crippen molar-refractivity contribution in [3.63, 3.8) is 0 Å². The van der Waals surface area contributed by atoms with Crippen molar-refractivity contribution in [2.45, 2.75) is 84.2 Å². The maximum atomic E-state index is 10.5. The van der Waals surface area contributed by atoms with Crippen LogP contribution in [0.1, 0.15) is 78.6 Å². The second-order valence-electron chi connectivity index (χ2n) is 9.90. The molecule has 0 amide bonds. The summed E-state index contributed by atoms with van der Waals surface area (Å²) in [5.74, 6) is 3.03. The summed E-state index contributed by atoms with van der Waals surface area (Å²) in [7, 11) is 0. The normalized spacial score (nSPS) is 57.7. The van der Waals surface area contributed by atoms with Gasteiger partial charge in [-0.25, -0.2) is 0 Å². The molecule has 4 saturated carbocycles. The molecule has 0 aromatic rings. The predicted molar refractivity (Wildman–Crippen MR) is 91.6 cm³/mol. The largest absolute Gasteiger partial charge is 0.411 e. The van der Waals surface area contributed by atoms with E-state index in [-0.39, 0.29) is 5.41 Å². The molecule has 0 bridgehead atoms. The van der Waals surface area contributed by atoms with Gasteiger partial charge in [0.25, 0.3) is 0 Å². The summed E-state index contributed by atoms with van der Waals surface area (Å²) in [6.45, 7) is 6.93. The fourth-order valence-corrected chi connectivity index (χ4v) is 7.38. The van der Waals surface area contributed by atoms with Crippen molar-refractivity contribution in [1.82, 2.24) is 0 Å². The lowest BCUT2D eigenvalue weighted by Gasteiger charge is -2.61. The van der Waals surface area contributed by atoms with Gasteiger partial charge >= 0.3 is 0 Å². The highest BCUT2D eigenvalue weighted by molar-refractivity contribution is 5.91. The van der Waals surface area contributed by atoms with Gasteiger partial charge in [0.05, 0.1) is 11.3 Å². The van der Waals surface area contributed by atoms with Crippen molar-refractivity contribution in [3.05, 3.63) is 0 Å². The molecular formula is C20H33NO2. The van der Waals surface area contributed by atoms with Gasteiger partial charge < -0.3 is 10.3 Å². The van der Waals surface area contributed by atoms with Crippen molar-refractivity contribution in [1.29, 1.82) is 0 Å². The molecule has 4 fully saturated rings. The molecule has 0 aromatic carbocycles. The third-order valence-electron chi connectivity index (χ3n) is 8.82. The lowest BCUT2D eigenvalue weighted by molar-refractivity contribution is -0.137. The van der Waals surface area contributed by atoms with E-state index in [2.05, 4.69) is 19.0 Å². The van der Waals surface area contributed by atoms with Crippen LogP contribution in [0.3, 0.4) is 0 Å². The first kappa shape index (κ1) is 15.9. The molecule has 7 atom stereocenters. The highest BCUT2D eigenvalue weighted by Gasteiger charge is 2.60. The van der Waals surface area contributed by atoms with E-state index in [0.717, 1.165) is 36.8 Å². The van der Waals surface area contributed by atoms with Gasteiger partial charge in [0.15, 0.2) is 0 Å². The van der Waals surface area contributed by atoms with Crippen molar-refractivity contribution >= 4 is 5.71 Å². The van der Waals surface area contributed by atoms with Crippen LogP contribution in [0.25, 0.3) is 0 Å². The number of rotatable bonds is 0. The highest BCUT2D eigenvalue weighted by Crippen LogP contribution is 2.66. The van der Waals surface area contributed by atoms with Crippen LogP contribution in [0.2, 0.25) is 0 Å². The van der Waals surface area contributed by atoms with Crippen LogP contribution in [0.15, 0.2) is 5.16 Å². The van der Waals surface area contributed by atoms with Gasteiger partial charge in [0, 0.05) is 5.41 Å². The molecule has 4 rings (SSSR count). The van der Waals surface area contributed by atoms with Crippen LogP contribution in [0.5, 0.6) is 0 Å². The topological polar surface area (TPSA) is 52.8 Å². The Morgan fingerprint density at radius 3 is 2.48 bits per heavy atom. The first-order valence-corrected chi connectivity index (χ1v) is 9.74. The summed E-state index contributed by atoms with van der Waals surface area (Å²) >= 11 is 0. The number of hydrogen-bond acceptors (Lipinski definition) is 3. The number of nitrogens with zero attached hydrogens (tertiary/aromatic N) is 1. The molecular weight excluding hydrogens is 286 g/mol. The minimum absolute atomic E-state index is 0.152. The molecule has 4 aliphatic carbocycles. The molecule has 0 aromatic heterocycles. The molecule has 2 N–H and O–H groups in total. The standard InChI is InChI=1S/C20H33NO2/c1-18(22)10-11-19(2)13(12-18)4-5-14-15-6-7-17(21-23)20(15,3)9-8-16(14)19/h13-16,22-23H,4-12H2,1-3H3/b21-17+/t13-,14-,15-,16-,18+,19-,20-/m0/s1. The first-order chi connectivity index (χ1) is 10.8. The Hall–Kier alpha value is -0.570. The van der Waals surface area contributed by atoms with Gasteiger partial charge in [-0.2, -0.15) is 0 Å². The molecule has 0 unspecified atom stereocenters. The second-order valence-corrected chi connectivity index (χ2v) is 9.90. The van der Waals surface area contributed by atoms with E-state index < -0.39 is 5.60 Å². The van der Waals surface area contributed by atoms with Crippen LogP contribution >= 0.6 is 0 Å². The van der Waals surface area contributed by atoms with E-state index >= 15 is 0 Å². The summed E-state index contributed by atoms with van der Waals surface area (Å²) in [6.07, 6.45) is 10.4. The van der Waals surface area contributed by atoms with Crippen molar-refractivity contribution in [2.75, 3.05) is 0 Å². The van der Waals surface area contributed by atoms with Crippen molar-refractivity contribution < 1.29 is 10.3 Å². The number of fused-ring (bicyclic) bond motifs is 5. The maximum Gasteiger partial charge on any atom is 0.0632 e. The number of oxime groups is 1. The van der Waals surface area contributed by atoms with E-state index in [9.17, 15) is 10.3 Å². The summed E-state index contributed by atoms with van der Waals surface area (Å²) in [5.41, 5.74) is 1.20. The van der Waals surface area contributed by atoms with E-state index in [1.54, 1.807) is 0 Å². The predicted octanol–water partition coefficient (Wildman–Crippen LogP) is 4.61. The quantitative estimate of drug-likeness (QED) is 0.506. The lowest BCUT2D eigenvalue weighted by Crippen LogP contribution is -2.55. The lowest BCUT2D eigenvalue weighted by atomic mass is 9.44. The minimum Gasteiger partial charge on any atom is -0.411 e. The fraction of sp³-hybridized carbons (Fsp3) is 0.950. The highest BCUT2D eigenvalue weighted by atomic mass is 16.4. The van der Waals surface area contributed by atoms with Gasteiger partial charge in [-0.05, 0) is 93.8 Å². The van der Waals surface area contributed by atoms with E-state index in [1.165, 1.54) is 38.5 Å². The van der Waals surface area contributed by atoms with Crippen LogP contribution in [0, 0.1) is 34.5 Å². The summed E-state index contributed by atoms with van der Waals surface area (Å²) < 4.78 is 0. The average Bonchev–Trinajstić information content (AvgIpc) is 2.84. The average molecular weight is 319 g/mol. The maximum absolute atomic E-state index is 10.5. The van der Waals surface area contributed by atoms with Crippen LogP contribution in [0.4, 0.5) is 0 Å². The molecule has 0 spiro atoms. The molecule has 0 aliphatic heterocycles. The van der Waals surface area contributed by atoms with Crippen LogP contribution in [-0.2, 0) is 0 Å². The molecule has 0 heterocycles. The molecule has 0 saturated heterocycles. The number of hydrogen-bond donors (Lipinski definition) is 2. The molecule has 23 heavy (non-hydrogen) atoms. The summed E-state index contributed by atoms with van der Waals surface area (Å²) in [6, 6.07) is 0. The number of aliphatic hydroxyl groups is 1. The van der Waals surface area contributed by atoms with Crippen molar-refractivity contribution in [2.24, 2.45) is 39.7 Å². The Bertz CT molecular complexity index is 528. The zero-order chi connectivity index (χ0) is 16.5. The SMILES string of the molecule is C[C@@]1(O)CC[C@@]2(C)[C@@H](CC[C@@H]3[C@@H]2CC[C@]2(C)/C(=N/O)CC[C@@H]32)C1. The fourth-order valence-electron chi connectivity index (χ4n) is 7.38. The molecule has 0 radical (unpaired) electrons.